The normalized spacial score (nSPS) is 17.8. The van der Waals surface area contributed by atoms with E-state index in [0.717, 1.165) is 25.1 Å². The lowest BCUT2D eigenvalue weighted by atomic mass is 10.0. The molecule has 1 aromatic rings. The van der Waals surface area contributed by atoms with Crippen molar-refractivity contribution in [2.24, 2.45) is 0 Å². The van der Waals surface area contributed by atoms with E-state index in [0.29, 0.717) is 0 Å². The maximum Gasteiger partial charge on any atom is 0.243 e. The van der Waals surface area contributed by atoms with Gasteiger partial charge in [-0.25, -0.2) is 5.43 Å². The van der Waals surface area contributed by atoms with E-state index in [1.54, 1.807) is 5.01 Å². The van der Waals surface area contributed by atoms with Crippen molar-refractivity contribution < 1.29 is 4.79 Å². The summed E-state index contributed by atoms with van der Waals surface area (Å²) in [6.45, 7) is 3.70. The zero-order chi connectivity index (χ0) is 10.7. The molecule has 1 heterocycles. The summed E-state index contributed by atoms with van der Waals surface area (Å²) in [5.74, 6) is 0.107. The van der Waals surface area contributed by atoms with Crippen LogP contribution in [0.15, 0.2) is 30.3 Å². The van der Waals surface area contributed by atoms with E-state index >= 15 is 0 Å². The molecule has 1 aliphatic heterocycles. The average molecular weight is 204 g/mol. The second kappa shape index (κ2) is 4.45. The number of benzene rings is 1. The van der Waals surface area contributed by atoms with Gasteiger partial charge in [-0.1, -0.05) is 30.3 Å². The Kier molecular flexibility index (Phi) is 3.02. The summed E-state index contributed by atoms with van der Waals surface area (Å²) in [7, 11) is 0. The highest BCUT2D eigenvalue weighted by Gasteiger charge is 2.23. The standard InChI is InChI=1S/C12H16N2O/c1-10(11-6-3-2-4-7-11)12(15)14-9-5-8-13-14/h2-4,6-7,10,13H,5,8-9H2,1H3/t10-/m1/s1. The monoisotopic (exact) mass is 204 g/mol. The van der Waals surface area contributed by atoms with Crippen molar-refractivity contribution in [2.45, 2.75) is 19.3 Å². The van der Waals surface area contributed by atoms with Gasteiger partial charge in [-0.2, -0.15) is 0 Å². The molecule has 0 unspecified atom stereocenters. The number of nitrogens with zero attached hydrogens (tertiary/aromatic N) is 1. The molecule has 3 nitrogen and oxygen atoms in total. The number of rotatable bonds is 2. The molecule has 0 aromatic heterocycles. The van der Waals surface area contributed by atoms with Gasteiger partial charge in [0.05, 0.1) is 5.92 Å². The van der Waals surface area contributed by atoms with Crippen LogP contribution in [0.1, 0.15) is 24.8 Å². The van der Waals surface area contributed by atoms with Crippen LogP contribution in [0.4, 0.5) is 0 Å². The van der Waals surface area contributed by atoms with Crippen molar-refractivity contribution in [1.29, 1.82) is 0 Å². The summed E-state index contributed by atoms with van der Waals surface area (Å²) in [5.41, 5.74) is 4.17. The molecule has 0 saturated carbocycles. The Morgan fingerprint density at radius 2 is 2.13 bits per heavy atom. The lowest BCUT2D eigenvalue weighted by Crippen LogP contribution is -2.39. The van der Waals surface area contributed by atoms with Crippen LogP contribution in [0.25, 0.3) is 0 Å². The molecule has 1 aromatic carbocycles. The van der Waals surface area contributed by atoms with Gasteiger partial charge in [0.25, 0.3) is 0 Å². The minimum Gasteiger partial charge on any atom is -0.277 e. The Morgan fingerprint density at radius 1 is 1.40 bits per heavy atom. The van der Waals surface area contributed by atoms with E-state index in [1.165, 1.54) is 0 Å². The average Bonchev–Trinajstić information content (AvgIpc) is 2.82. The summed E-state index contributed by atoms with van der Waals surface area (Å²) in [6, 6.07) is 9.90. The van der Waals surface area contributed by atoms with Gasteiger partial charge < -0.3 is 0 Å². The van der Waals surface area contributed by atoms with Crippen LogP contribution in [0.5, 0.6) is 0 Å². The topological polar surface area (TPSA) is 32.3 Å². The summed E-state index contributed by atoms with van der Waals surface area (Å²) in [4.78, 5) is 12.0. The van der Waals surface area contributed by atoms with Crippen LogP contribution in [0, 0.1) is 0 Å². The molecule has 15 heavy (non-hydrogen) atoms. The van der Waals surface area contributed by atoms with E-state index in [-0.39, 0.29) is 11.8 Å². The van der Waals surface area contributed by atoms with Gasteiger partial charge in [0, 0.05) is 13.1 Å². The molecule has 0 spiro atoms. The first-order valence-corrected chi connectivity index (χ1v) is 5.39. The molecule has 1 amide bonds. The van der Waals surface area contributed by atoms with Crippen molar-refractivity contribution in [3.05, 3.63) is 35.9 Å². The second-order valence-electron chi connectivity index (χ2n) is 3.88. The quantitative estimate of drug-likeness (QED) is 0.792. The predicted octanol–water partition coefficient (Wildman–Crippen LogP) is 1.53. The fourth-order valence-electron chi connectivity index (χ4n) is 1.84. The molecule has 1 N–H and O–H groups in total. The maximum atomic E-state index is 12.0. The summed E-state index contributed by atoms with van der Waals surface area (Å²) >= 11 is 0. The van der Waals surface area contributed by atoms with Crippen molar-refractivity contribution in [3.8, 4) is 0 Å². The van der Waals surface area contributed by atoms with Crippen LogP contribution in [-0.4, -0.2) is 24.0 Å². The molecule has 0 bridgehead atoms. The van der Waals surface area contributed by atoms with Gasteiger partial charge in [-0.3, -0.25) is 9.80 Å². The Bertz CT molecular complexity index is 331. The lowest BCUT2D eigenvalue weighted by Gasteiger charge is -2.20. The van der Waals surface area contributed by atoms with Crippen LogP contribution >= 0.6 is 0 Å². The van der Waals surface area contributed by atoms with Crippen LogP contribution in [0.2, 0.25) is 0 Å². The Morgan fingerprint density at radius 3 is 2.73 bits per heavy atom. The number of amides is 1. The highest BCUT2D eigenvalue weighted by molar-refractivity contribution is 5.83. The third kappa shape index (κ3) is 2.18. The fraction of sp³-hybridized carbons (Fsp3) is 0.417. The lowest BCUT2D eigenvalue weighted by molar-refractivity contribution is -0.133. The van der Waals surface area contributed by atoms with Crippen LogP contribution in [0.3, 0.4) is 0 Å². The van der Waals surface area contributed by atoms with Crippen molar-refractivity contribution >= 4 is 5.91 Å². The molecule has 3 heteroatoms. The largest absolute Gasteiger partial charge is 0.277 e. The van der Waals surface area contributed by atoms with Gasteiger partial charge >= 0.3 is 0 Å². The molecule has 2 rings (SSSR count). The number of hydrogen-bond acceptors (Lipinski definition) is 2. The third-order valence-electron chi connectivity index (χ3n) is 2.80. The number of nitrogens with one attached hydrogen (secondary N) is 1. The predicted molar refractivity (Wildman–Crippen MR) is 59.2 cm³/mol. The Labute approximate surface area is 90.1 Å². The van der Waals surface area contributed by atoms with Crippen molar-refractivity contribution in [2.75, 3.05) is 13.1 Å². The van der Waals surface area contributed by atoms with E-state index in [2.05, 4.69) is 5.43 Å². The molecule has 0 radical (unpaired) electrons. The van der Waals surface area contributed by atoms with Gasteiger partial charge in [0.1, 0.15) is 0 Å². The highest BCUT2D eigenvalue weighted by Crippen LogP contribution is 2.17. The van der Waals surface area contributed by atoms with Gasteiger partial charge in [-0.05, 0) is 18.9 Å². The molecule has 1 aliphatic rings. The smallest absolute Gasteiger partial charge is 0.243 e. The van der Waals surface area contributed by atoms with E-state index < -0.39 is 0 Å². The van der Waals surface area contributed by atoms with Gasteiger partial charge in [-0.15, -0.1) is 0 Å². The molecular formula is C12H16N2O. The minimum absolute atomic E-state index is 0.0585. The van der Waals surface area contributed by atoms with Crippen LogP contribution < -0.4 is 5.43 Å². The highest BCUT2D eigenvalue weighted by atomic mass is 16.2. The Balaban J connectivity index is 2.07. The van der Waals surface area contributed by atoms with E-state index in [9.17, 15) is 4.79 Å². The fourth-order valence-corrected chi connectivity index (χ4v) is 1.84. The van der Waals surface area contributed by atoms with Gasteiger partial charge in [0.2, 0.25) is 5.91 Å². The van der Waals surface area contributed by atoms with Crippen molar-refractivity contribution in [1.82, 2.24) is 10.4 Å². The summed E-state index contributed by atoms with van der Waals surface area (Å²) in [6.07, 6.45) is 1.05. The summed E-state index contributed by atoms with van der Waals surface area (Å²) < 4.78 is 0. The number of hydrazine groups is 1. The zero-order valence-corrected chi connectivity index (χ0v) is 8.94. The first-order valence-electron chi connectivity index (χ1n) is 5.39. The molecule has 1 atom stereocenters. The number of carbonyl (C=O) groups is 1. The number of hydrogen-bond donors (Lipinski definition) is 1. The first kappa shape index (κ1) is 10.2. The molecule has 1 fully saturated rings. The first-order chi connectivity index (χ1) is 7.29. The van der Waals surface area contributed by atoms with Crippen LogP contribution in [-0.2, 0) is 4.79 Å². The minimum atomic E-state index is -0.0585. The summed E-state index contributed by atoms with van der Waals surface area (Å²) in [5, 5.41) is 1.73. The molecule has 80 valence electrons. The zero-order valence-electron chi connectivity index (χ0n) is 8.94. The van der Waals surface area contributed by atoms with E-state index in [4.69, 9.17) is 0 Å². The molecular weight excluding hydrogens is 188 g/mol. The van der Waals surface area contributed by atoms with E-state index in [1.807, 2.05) is 37.3 Å². The molecule has 1 saturated heterocycles. The maximum absolute atomic E-state index is 12.0. The number of carbonyl (C=O) groups excluding carboxylic acids is 1. The third-order valence-corrected chi connectivity index (χ3v) is 2.80. The van der Waals surface area contributed by atoms with Crippen molar-refractivity contribution in [3.63, 3.8) is 0 Å². The second-order valence-corrected chi connectivity index (χ2v) is 3.88. The SMILES string of the molecule is C[C@@H](C(=O)N1CCCN1)c1ccccc1. The Hall–Kier alpha value is -1.35. The molecule has 0 aliphatic carbocycles. The van der Waals surface area contributed by atoms with Gasteiger partial charge in [0.15, 0.2) is 0 Å².